The lowest BCUT2D eigenvalue weighted by Gasteiger charge is -2.09. The smallest absolute Gasteiger partial charge is 0.227 e. The molecule has 0 bridgehead atoms. The highest BCUT2D eigenvalue weighted by Gasteiger charge is 2.19. The van der Waals surface area contributed by atoms with Crippen LogP contribution in [0.3, 0.4) is 0 Å². The summed E-state index contributed by atoms with van der Waals surface area (Å²) in [5.41, 5.74) is 5.40. The first-order chi connectivity index (χ1) is 7.75. The lowest BCUT2D eigenvalue weighted by molar-refractivity contribution is -0.119. The van der Waals surface area contributed by atoms with E-state index in [1.165, 1.54) is 37.0 Å². The summed E-state index contributed by atoms with van der Waals surface area (Å²) in [5.74, 6) is -0.424. The number of aromatic nitrogens is 1. The highest BCUT2D eigenvalue weighted by Crippen LogP contribution is 2.24. The van der Waals surface area contributed by atoms with Crippen LogP contribution in [0.15, 0.2) is 11.6 Å². The van der Waals surface area contributed by atoms with Crippen molar-refractivity contribution in [1.82, 2.24) is 4.98 Å². The number of primary amides is 1. The normalized spacial score (nSPS) is 12.6. The van der Waals surface area contributed by atoms with E-state index in [2.05, 4.69) is 11.9 Å². The molecule has 0 aliphatic carbocycles. The van der Waals surface area contributed by atoms with Crippen molar-refractivity contribution in [3.8, 4) is 0 Å². The molecule has 1 aromatic heterocycles. The monoisotopic (exact) mass is 240 g/mol. The summed E-state index contributed by atoms with van der Waals surface area (Å²) >= 11 is 1.52. The maximum absolute atomic E-state index is 11.3. The molecule has 0 aliphatic heterocycles. The van der Waals surface area contributed by atoms with E-state index in [1.807, 2.05) is 5.38 Å². The van der Waals surface area contributed by atoms with Gasteiger partial charge >= 0.3 is 0 Å². The number of carbonyl (C=O) groups is 1. The third-order valence-electron chi connectivity index (χ3n) is 2.69. The van der Waals surface area contributed by atoms with Gasteiger partial charge in [0.05, 0.1) is 5.92 Å². The van der Waals surface area contributed by atoms with Gasteiger partial charge in [-0.1, -0.05) is 39.0 Å². The second-order valence-corrected chi connectivity index (χ2v) is 4.95. The fourth-order valence-corrected chi connectivity index (χ4v) is 2.53. The molecule has 1 unspecified atom stereocenters. The first-order valence-electron chi connectivity index (χ1n) is 5.94. The average molecular weight is 240 g/mol. The zero-order chi connectivity index (χ0) is 11.8. The van der Waals surface area contributed by atoms with Gasteiger partial charge in [0.2, 0.25) is 5.91 Å². The van der Waals surface area contributed by atoms with Crippen LogP contribution >= 0.6 is 11.3 Å². The molecule has 1 heterocycles. The minimum atomic E-state index is -0.245. The molecule has 0 fully saturated rings. The summed E-state index contributed by atoms with van der Waals surface area (Å²) in [6.45, 7) is 2.20. The van der Waals surface area contributed by atoms with Crippen molar-refractivity contribution in [2.45, 2.75) is 51.4 Å². The summed E-state index contributed by atoms with van der Waals surface area (Å²) in [6.07, 6.45) is 8.58. The first kappa shape index (κ1) is 13.2. The number of nitrogens with two attached hydrogens (primary N) is 1. The average Bonchev–Trinajstić information content (AvgIpc) is 2.76. The Morgan fingerprint density at radius 2 is 2.19 bits per heavy atom. The Balaban J connectivity index is 2.33. The summed E-state index contributed by atoms with van der Waals surface area (Å²) in [7, 11) is 0. The minimum Gasteiger partial charge on any atom is -0.369 e. The van der Waals surface area contributed by atoms with Gasteiger partial charge in [-0.2, -0.15) is 0 Å². The Bertz CT molecular complexity index is 298. The maximum atomic E-state index is 11.3. The second kappa shape index (κ2) is 7.39. The molecule has 1 amide bonds. The Morgan fingerprint density at radius 3 is 2.75 bits per heavy atom. The summed E-state index contributed by atoms with van der Waals surface area (Å²) in [4.78, 5) is 15.5. The Hall–Kier alpha value is -0.900. The SMILES string of the molecule is CCCCCCCC(C(N)=O)c1nccs1. The van der Waals surface area contributed by atoms with Gasteiger partial charge in [-0.05, 0) is 6.42 Å². The standard InChI is InChI=1S/C12H20N2OS/c1-2-3-4-5-6-7-10(11(13)15)12-14-8-9-16-12/h8-10H,2-7H2,1H3,(H2,13,15). The molecule has 0 saturated carbocycles. The topological polar surface area (TPSA) is 56.0 Å². The molecule has 1 atom stereocenters. The van der Waals surface area contributed by atoms with E-state index < -0.39 is 0 Å². The number of thiazole rings is 1. The van der Waals surface area contributed by atoms with Gasteiger partial charge in [-0.15, -0.1) is 11.3 Å². The molecule has 0 spiro atoms. The summed E-state index contributed by atoms with van der Waals surface area (Å²) in [5, 5.41) is 2.76. The molecule has 4 heteroatoms. The van der Waals surface area contributed by atoms with Crippen LogP contribution in [0, 0.1) is 0 Å². The van der Waals surface area contributed by atoms with Crippen LogP contribution in [0.2, 0.25) is 0 Å². The van der Waals surface area contributed by atoms with Crippen LogP contribution in [-0.4, -0.2) is 10.9 Å². The molecule has 1 rings (SSSR count). The van der Waals surface area contributed by atoms with E-state index in [4.69, 9.17) is 5.73 Å². The molecular weight excluding hydrogens is 220 g/mol. The number of hydrogen-bond donors (Lipinski definition) is 1. The zero-order valence-electron chi connectivity index (χ0n) is 9.82. The number of unbranched alkanes of at least 4 members (excludes halogenated alkanes) is 4. The quantitative estimate of drug-likeness (QED) is 0.710. The van der Waals surface area contributed by atoms with E-state index in [-0.39, 0.29) is 11.8 Å². The van der Waals surface area contributed by atoms with E-state index in [0.717, 1.165) is 17.8 Å². The molecule has 0 aromatic carbocycles. The minimum absolute atomic E-state index is 0.179. The van der Waals surface area contributed by atoms with Crippen molar-refractivity contribution in [2.24, 2.45) is 5.73 Å². The molecule has 0 saturated heterocycles. The van der Waals surface area contributed by atoms with Crippen molar-refractivity contribution in [1.29, 1.82) is 0 Å². The number of carbonyl (C=O) groups excluding carboxylic acids is 1. The molecular formula is C12H20N2OS. The highest BCUT2D eigenvalue weighted by molar-refractivity contribution is 7.09. The third-order valence-corrected chi connectivity index (χ3v) is 3.58. The van der Waals surface area contributed by atoms with Crippen molar-refractivity contribution in [3.05, 3.63) is 16.6 Å². The maximum Gasteiger partial charge on any atom is 0.227 e. The molecule has 1 aromatic rings. The fraction of sp³-hybridized carbons (Fsp3) is 0.667. The lowest BCUT2D eigenvalue weighted by atomic mass is 10.0. The van der Waals surface area contributed by atoms with E-state index in [9.17, 15) is 4.79 Å². The number of rotatable bonds is 8. The number of hydrogen-bond acceptors (Lipinski definition) is 3. The first-order valence-corrected chi connectivity index (χ1v) is 6.82. The van der Waals surface area contributed by atoms with Crippen molar-refractivity contribution < 1.29 is 4.79 Å². The van der Waals surface area contributed by atoms with Crippen LogP contribution in [-0.2, 0) is 4.79 Å². The molecule has 3 nitrogen and oxygen atoms in total. The fourth-order valence-electron chi connectivity index (χ4n) is 1.75. The van der Waals surface area contributed by atoms with Gasteiger partial charge < -0.3 is 5.73 Å². The zero-order valence-corrected chi connectivity index (χ0v) is 10.6. The predicted molar refractivity (Wildman–Crippen MR) is 67.4 cm³/mol. The van der Waals surface area contributed by atoms with Crippen LogP contribution in [0.25, 0.3) is 0 Å². The Labute approximate surface area is 101 Å². The molecule has 0 aliphatic rings. The van der Waals surface area contributed by atoms with Crippen molar-refractivity contribution in [2.75, 3.05) is 0 Å². The second-order valence-electron chi connectivity index (χ2n) is 4.03. The molecule has 0 radical (unpaired) electrons. The summed E-state index contributed by atoms with van der Waals surface area (Å²) in [6, 6.07) is 0. The summed E-state index contributed by atoms with van der Waals surface area (Å²) < 4.78 is 0. The van der Waals surface area contributed by atoms with Gasteiger partial charge in [-0.3, -0.25) is 4.79 Å². The van der Waals surface area contributed by atoms with Gasteiger partial charge in [0.1, 0.15) is 5.01 Å². The van der Waals surface area contributed by atoms with Crippen LogP contribution in [0.5, 0.6) is 0 Å². The lowest BCUT2D eigenvalue weighted by Crippen LogP contribution is -2.21. The van der Waals surface area contributed by atoms with E-state index in [0.29, 0.717) is 0 Å². The van der Waals surface area contributed by atoms with Gasteiger partial charge in [0.25, 0.3) is 0 Å². The molecule has 2 N–H and O–H groups in total. The largest absolute Gasteiger partial charge is 0.369 e. The van der Waals surface area contributed by atoms with Gasteiger partial charge in [0.15, 0.2) is 0 Å². The number of amides is 1. The van der Waals surface area contributed by atoms with Crippen molar-refractivity contribution >= 4 is 17.2 Å². The van der Waals surface area contributed by atoms with E-state index in [1.54, 1.807) is 6.20 Å². The van der Waals surface area contributed by atoms with Gasteiger partial charge in [0, 0.05) is 11.6 Å². The Morgan fingerprint density at radius 1 is 1.44 bits per heavy atom. The van der Waals surface area contributed by atoms with Crippen LogP contribution in [0.1, 0.15) is 56.4 Å². The van der Waals surface area contributed by atoms with E-state index >= 15 is 0 Å². The number of nitrogens with zero attached hydrogens (tertiary/aromatic N) is 1. The van der Waals surface area contributed by atoms with Gasteiger partial charge in [-0.25, -0.2) is 4.98 Å². The van der Waals surface area contributed by atoms with Crippen molar-refractivity contribution in [3.63, 3.8) is 0 Å². The predicted octanol–water partition coefficient (Wildman–Crippen LogP) is 3.07. The highest BCUT2D eigenvalue weighted by atomic mass is 32.1. The Kier molecular flexibility index (Phi) is 6.08. The third kappa shape index (κ3) is 4.31. The van der Waals surface area contributed by atoms with Crippen LogP contribution in [0.4, 0.5) is 0 Å². The van der Waals surface area contributed by atoms with Crippen LogP contribution < -0.4 is 5.73 Å². The molecule has 16 heavy (non-hydrogen) atoms. The molecule has 90 valence electrons.